The molecule has 2 N–H and O–H groups in total. The van der Waals surface area contributed by atoms with Gasteiger partial charge in [-0.25, -0.2) is 0 Å². The van der Waals surface area contributed by atoms with Gasteiger partial charge in [-0.15, -0.1) is 0 Å². The van der Waals surface area contributed by atoms with Gasteiger partial charge in [-0.2, -0.15) is 0 Å². The fourth-order valence-corrected chi connectivity index (χ4v) is 2.91. The Balaban J connectivity index is 1.91. The molecule has 2 unspecified atom stereocenters. The topological polar surface area (TPSA) is 82.9 Å². The maximum Gasteiger partial charge on any atom is 0.256 e. The quantitative estimate of drug-likeness (QED) is 0.902. The Hall–Kier alpha value is -2.60. The number of ether oxygens (including phenoxy) is 1. The van der Waals surface area contributed by atoms with Crippen molar-refractivity contribution in [3.05, 3.63) is 53.9 Å². The number of rotatable bonds is 3. The molecule has 1 saturated heterocycles. The Kier molecular flexibility index (Phi) is 4.16. The number of nitrogens with zero attached hydrogens (tertiary/aromatic N) is 2. The summed E-state index contributed by atoms with van der Waals surface area (Å²) in [5, 5.41) is 19.5. The summed E-state index contributed by atoms with van der Waals surface area (Å²) in [6.45, 7) is 0.246. The van der Waals surface area contributed by atoms with E-state index in [1.807, 2.05) is 24.3 Å². The number of carbonyl (C=O) groups excluding carboxylic acids is 1. The number of aliphatic hydroxyl groups excluding tert-OH is 1. The molecule has 6 heteroatoms. The molecule has 23 heavy (non-hydrogen) atoms. The molecular formula is C17H18N2O4. The highest BCUT2D eigenvalue weighted by atomic mass is 16.5. The van der Waals surface area contributed by atoms with Crippen molar-refractivity contribution in [3.63, 3.8) is 0 Å². The lowest BCUT2D eigenvalue weighted by Crippen LogP contribution is -2.31. The number of aromatic hydroxyl groups is 1. The van der Waals surface area contributed by atoms with Crippen molar-refractivity contribution in [2.24, 2.45) is 0 Å². The third-order valence-corrected chi connectivity index (χ3v) is 3.99. The van der Waals surface area contributed by atoms with Crippen LogP contribution < -0.4 is 4.74 Å². The molecule has 0 spiro atoms. The minimum atomic E-state index is -0.583. The van der Waals surface area contributed by atoms with E-state index in [1.165, 1.54) is 18.5 Å². The first kappa shape index (κ1) is 15.3. The molecule has 1 aliphatic rings. The Morgan fingerprint density at radius 3 is 2.91 bits per heavy atom. The van der Waals surface area contributed by atoms with Gasteiger partial charge in [0.1, 0.15) is 11.5 Å². The van der Waals surface area contributed by atoms with Crippen LogP contribution in [0.5, 0.6) is 11.5 Å². The number of likely N-dealkylation sites (tertiary alicyclic amines) is 1. The molecule has 1 fully saturated rings. The number of pyridine rings is 1. The normalized spacial score (nSPS) is 20.5. The molecule has 3 rings (SSSR count). The summed E-state index contributed by atoms with van der Waals surface area (Å²) in [4.78, 5) is 18.2. The molecule has 1 aliphatic heterocycles. The van der Waals surface area contributed by atoms with E-state index in [1.54, 1.807) is 12.0 Å². The van der Waals surface area contributed by atoms with Crippen molar-refractivity contribution in [3.8, 4) is 11.5 Å². The lowest BCUT2D eigenvalue weighted by molar-refractivity contribution is 0.0715. The van der Waals surface area contributed by atoms with Gasteiger partial charge in [-0.3, -0.25) is 9.78 Å². The van der Waals surface area contributed by atoms with Gasteiger partial charge >= 0.3 is 0 Å². The standard InChI is InChI=1S/C17H18N2O4/c1-23-15-4-2-3-11(6-15)16-7-14(21)10-19(16)17(22)12-5-13(20)9-18-8-12/h2-6,8-9,14,16,20-21H,7,10H2,1H3. The van der Waals surface area contributed by atoms with Crippen LogP contribution in [0.15, 0.2) is 42.7 Å². The van der Waals surface area contributed by atoms with E-state index in [2.05, 4.69) is 4.98 Å². The highest BCUT2D eigenvalue weighted by Gasteiger charge is 2.36. The van der Waals surface area contributed by atoms with Crippen LogP contribution in [-0.4, -0.2) is 45.8 Å². The van der Waals surface area contributed by atoms with Crippen molar-refractivity contribution in [2.45, 2.75) is 18.6 Å². The Bertz CT molecular complexity index is 719. The fraction of sp³-hybridized carbons (Fsp3) is 0.294. The first-order chi connectivity index (χ1) is 11.1. The van der Waals surface area contributed by atoms with Crippen molar-refractivity contribution in [1.82, 2.24) is 9.88 Å². The smallest absolute Gasteiger partial charge is 0.256 e. The first-order valence-electron chi connectivity index (χ1n) is 7.35. The Morgan fingerprint density at radius 2 is 2.17 bits per heavy atom. The maximum absolute atomic E-state index is 12.7. The predicted molar refractivity (Wildman–Crippen MR) is 83.3 cm³/mol. The Labute approximate surface area is 134 Å². The van der Waals surface area contributed by atoms with Crippen molar-refractivity contribution < 1.29 is 19.7 Å². The molecule has 1 aromatic heterocycles. The van der Waals surface area contributed by atoms with E-state index in [4.69, 9.17) is 4.74 Å². The Morgan fingerprint density at radius 1 is 1.35 bits per heavy atom. The van der Waals surface area contributed by atoms with Gasteiger partial charge in [-0.1, -0.05) is 12.1 Å². The van der Waals surface area contributed by atoms with E-state index >= 15 is 0 Å². The monoisotopic (exact) mass is 314 g/mol. The number of amides is 1. The minimum Gasteiger partial charge on any atom is -0.506 e. The molecule has 6 nitrogen and oxygen atoms in total. The number of carbonyl (C=O) groups is 1. The summed E-state index contributed by atoms with van der Waals surface area (Å²) in [6, 6.07) is 8.60. The zero-order valence-corrected chi connectivity index (χ0v) is 12.7. The van der Waals surface area contributed by atoms with Crippen LogP contribution in [0.4, 0.5) is 0 Å². The largest absolute Gasteiger partial charge is 0.506 e. The molecule has 0 aliphatic carbocycles. The summed E-state index contributed by atoms with van der Waals surface area (Å²) >= 11 is 0. The van der Waals surface area contributed by atoms with Crippen LogP contribution in [0.3, 0.4) is 0 Å². The number of hydrogen-bond donors (Lipinski definition) is 2. The van der Waals surface area contributed by atoms with Gasteiger partial charge in [0.25, 0.3) is 5.91 Å². The third-order valence-electron chi connectivity index (χ3n) is 3.99. The van der Waals surface area contributed by atoms with Crippen molar-refractivity contribution in [2.75, 3.05) is 13.7 Å². The third kappa shape index (κ3) is 3.12. The summed E-state index contributed by atoms with van der Waals surface area (Å²) in [5.41, 5.74) is 1.20. The van der Waals surface area contributed by atoms with Gasteiger partial charge in [0.15, 0.2) is 0 Å². The van der Waals surface area contributed by atoms with Crippen LogP contribution in [0, 0.1) is 0 Å². The maximum atomic E-state index is 12.7. The van der Waals surface area contributed by atoms with Crippen molar-refractivity contribution in [1.29, 1.82) is 0 Å². The van der Waals surface area contributed by atoms with Gasteiger partial charge < -0.3 is 19.8 Å². The lowest BCUT2D eigenvalue weighted by Gasteiger charge is -2.25. The van der Waals surface area contributed by atoms with Gasteiger partial charge in [0, 0.05) is 12.7 Å². The van der Waals surface area contributed by atoms with Crippen LogP contribution in [-0.2, 0) is 0 Å². The number of aliphatic hydroxyl groups is 1. The van der Waals surface area contributed by atoms with E-state index in [-0.39, 0.29) is 24.2 Å². The molecule has 120 valence electrons. The van der Waals surface area contributed by atoms with Crippen molar-refractivity contribution >= 4 is 5.91 Å². The summed E-state index contributed by atoms with van der Waals surface area (Å²) in [5.74, 6) is 0.376. The first-order valence-corrected chi connectivity index (χ1v) is 7.35. The molecule has 0 bridgehead atoms. The second-order valence-electron chi connectivity index (χ2n) is 5.57. The number of β-amino-alcohol motifs (C(OH)–C–C–N with tert-alkyl or cyclic N) is 1. The SMILES string of the molecule is COc1cccc(C2CC(O)CN2C(=O)c2cncc(O)c2)c1. The van der Waals surface area contributed by atoms with E-state index in [9.17, 15) is 15.0 Å². The van der Waals surface area contributed by atoms with Crippen LogP contribution in [0.1, 0.15) is 28.4 Å². The summed E-state index contributed by atoms with van der Waals surface area (Å²) in [6.07, 6.45) is 2.57. The second kappa shape index (κ2) is 6.26. The van der Waals surface area contributed by atoms with Gasteiger partial charge in [0.05, 0.1) is 31.0 Å². The van der Waals surface area contributed by atoms with Crippen LogP contribution in [0.2, 0.25) is 0 Å². The number of methoxy groups -OCH3 is 1. The molecule has 1 amide bonds. The summed E-state index contributed by atoms with van der Waals surface area (Å²) in [7, 11) is 1.59. The molecule has 2 aromatic rings. The van der Waals surface area contributed by atoms with E-state index in [0.717, 1.165) is 5.56 Å². The highest BCUT2D eigenvalue weighted by molar-refractivity contribution is 5.94. The number of aromatic nitrogens is 1. The lowest BCUT2D eigenvalue weighted by atomic mass is 10.0. The molecule has 0 saturated carbocycles. The fourth-order valence-electron chi connectivity index (χ4n) is 2.91. The van der Waals surface area contributed by atoms with Gasteiger partial charge in [0.2, 0.25) is 0 Å². The van der Waals surface area contributed by atoms with Crippen LogP contribution >= 0.6 is 0 Å². The molecule has 2 heterocycles. The zero-order valence-electron chi connectivity index (χ0n) is 12.7. The molecule has 0 radical (unpaired) electrons. The average Bonchev–Trinajstić information content (AvgIpc) is 2.96. The van der Waals surface area contributed by atoms with E-state index in [0.29, 0.717) is 17.7 Å². The highest BCUT2D eigenvalue weighted by Crippen LogP contribution is 2.34. The van der Waals surface area contributed by atoms with Gasteiger partial charge in [-0.05, 0) is 30.2 Å². The zero-order chi connectivity index (χ0) is 16.4. The van der Waals surface area contributed by atoms with Crippen LogP contribution in [0.25, 0.3) is 0 Å². The molecule has 1 aromatic carbocycles. The number of benzene rings is 1. The average molecular weight is 314 g/mol. The summed E-state index contributed by atoms with van der Waals surface area (Å²) < 4.78 is 5.23. The minimum absolute atomic E-state index is 0.0616. The second-order valence-corrected chi connectivity index (χ2v) is 5.57. The van der Waals surface area contributed by atoms with E-state index < -0.39 is 6.10 Å². The molecular weight excluding hydrogens is 296 g/mol. The predicted octanol–water partition coefficient (Wildman–Crippen LogP) is 1.74. The number of hydrogen-bond acceptors (Lipinski definition) is 5. The molecule has 2 atom stereocenters.